The van der Waals surface area contributed by atoms with E-state index in [1.165, 1.54) is 16.6 Å². The number of aryl methyl sites for hydroxylation is 1. The van der Waals surface area contributed by atoms with Crippen molar-refractivity contribution in [3.8, 4) is 0 Å². The molecule has 0 N–H and O–H groups in total. The summed E-state index contributed by atoms with van der Waals surface area (Å²) in [6.07, 6.45) is 0.959. The highest BCUT2D eigenvalue weighted by Gasteiger charge is 2.46. The van der Waals surface area contributed by atoms with Gasteiger partial charge in [-0.1, -0.05) is 17.8 Å². The molecule has 2 aliphatic rings. The monoisotopic (exact) mass is 392 g/mol. The van der Waals surface area contributed by atoms with E-state index < -0.39 is 0 Å². The summed E-state index contributed by atoms with van der Waals surface area (Å²) in [6.45, 7) is 2.43. The minimum atomic E-state index is 0.0629. The van der Waals surface area contributed by atoms with E-state index in [1.807, 2.05) is 15.9 Å². The van der Waals surface area contributed by atoms with E-state index in [1.54, 1.807) is 23.1 Å². The van der Waals surface area contributed by atoms with Crippen LogP contribution in [0.1, 0.15) is 17.2 Å². The quantitative estimate of drug-likeness (QED) is 0.701. The Morgan fingerprint density at radius 3 is 2.69 bits per heavy atom. The Labute approximate surface area is 159 Å². The van der Waals surface area contributed by atoms with Crippen LogP contribution in [0, 0.1) is 5.92 Å². The van der Waals surface area contributed by atoms with Gasteiger partial charge in [-0.05, 0) is 28.3 Å². The Hall–Kier alpha value is -1.94. The van der Waals surface area contributed by atoms with Crippen molar-refractivity contribution in [2.45, 2.75) is 17.5 Å². The molecule has 1 saturated carbocycles. The van der Waals surface area contributed by atoms with E-state index in [-0.39, 0.29) is 17.7 Å². The lowest BCUT2D eigenvalue weighted by atomic mass is 10.2. The van der Waals surface area contributed by atoms with Crippen molar-refractivity contribution < 1.29 is 9.59 Å². The van der Waals surface area contributed by atoms with Crippen LogP contribution < -0.4 is 0 Å². The van der Waals surface area contributed by atoms with Crippen molar-refractivity contribution in [1.29, 1.82) is 0 Å². The fraction of sp³-hybridized carbons (Fsp3) is 0.562. The molecule has 1 unspecified atom stereocenters. The van der Waals surface area contributed by atoms with Gasteiger partial charge in [0.25, 0.3) is 0 Å². The molecule has 138 valence electrons. The van der Waals surface area contributed by atoms with Crippen LogP contribution in [0.15, 0.2) is 22.7 Å². The van der Waals surface area contributed by atoms with Gasteiger partial charge < -0.3 is 9.80 Å². The zero-order valence-corrected chi connectivity index (χ0v) is 16.1. The lowest BCUT2D eigenvalue weighted by molar-refractivity contribution is -0.139. The van der Waals surface area contributed by atoms with Crippen molar-refractivity contribution >= 4 is 34.9 Å². The summed E-state index contributed by atoms with van der Waals surface area (Å²) in [6, 6.07) is 4.16. The van der Waals surface area contributed by atoms with Gasteiger partial charge in [0.05, 0.1) is 5.75 Å². The molecule has 2 amide bonds. The number of hydrogen-bond donors (Lipinski definition) is 0. The minimum Gasteiger partial charge on any atom is -0.339 e. The molecule has 2 atom stereocenters. The van der Waals surface area contributed by atoms with Gasteiger partial charge in [-0.15, -0.1) is 16.4 Å². The Morgan fingerprint density at radius 2 is 2.04 bits per heavy atom. The van der Waals surface area contributed by atoms with Gasteiger partial charge >= 0.3 is 0 Å². The van der Waals surface area contributed by atoms with E-state index in [0.717, 1.165) is 6.42 Å². The van der Waals surface area contributed by atoms with Crippen molar-refractivity contribution in [2.75, 3.05) is 31.9 Å². The van der Waals surface area contributed by atoms with Gasteiger partial charge in [-0.2, -0.15) is 0 Å². The van der Waals surface area contributed by atoms with Crippen molar-refractivity contribution in [1.82, 2.24) is 30.0 Å². The molecular weight excluding hydrogens is 372 g/mol. The molecule has 1 aliphatic heterocycles. The summed E-state index contributed by atoms with van der Waals surface area (Å²) >= 11 is 3.06. The first-order valence-corrected chi connectivity index (χ1v) is 10.4. The number of carbonyl (C=O) groups excluding carboxylic acids is 2. The maximum absolute atomic E-state index is 12.7. The normalized spacial score (nSPS) is 22.5. The maximum Gasteiger partial charge on any atom is 0.233 e. The smallest absolute Gasteiger partial charge is 0.233 e. The lowest BCUT2D eigenvalue weighted by Crippen LogP contribution is -2.51. The molecule has 1 aliphatic carbocycles. The van der Waals surface area contributed by atoms with Gasteiger partial charge in [-0.25, -0.2) is 4.68 Å². The fourth-order valence-electron chi connectivity index (χ4n) is 3.26. The molecule has 2 aromatic heterocycles. The van der Waals surface area contributed by atoms with Crippen LogP contribution in [0.25, 0.3) is 0 Å². The topological polar surface area (TPSA) is 84.2 Å². The number of hydrogen-bond acceptors (Lipinski definition) is 7. The first kappa shape index (κ1) is 17.5. The Bertz CT molecular complexity index is 785. The van der Waals surface area contributed by atoms with Gasteiger partial charge in [0.2, 0.25) is 17.0 Å². The molecule has 0 bridgehead atoms. The highest BCUT2D eigenvalue weighted by atomic mass is 32.2. The zero-order chi connectivity index (χ0) is 18.1. The molecule has 0 aromatic carbocycles. The third kappa shape index (κ3) is 3.61. The molecule has 4 rings (SSSR count). The average Bonchev–Trinajstić information content (AvgIpc) is 3.06. The Balaban J connectivity index is 1.23. The minimum absolute atomic E-state index is 0.0629. The lowest BCUT2D eigenvalue weighted by Gasteiger charge is -2.35. The molecule has 2 aromatic rings. The van der Waals surface area contributed by atoms with Crippen LogP contribution in [-0.2, 0) is 16.6 Å². The van der Waals surface area contributed by atoms with Crippen LogP contribution >= 0.6 is 23.1 Å². The Morgan fingerprint density at radius 1 is 1.27 bits per heavy atom. The largest absolute Gasteiger partial charge is 0.339 e. The second-order valence-corrected chi connectivity index (χ2v) is 8.47. The van der Waals surface area contributed by atoms with E-state index in [0.29, 0.717) is 43.0 Å². The molecule has 3 heterocycles. The summed E-state index contributed by atoms with van der Waals surface area (Å²) in [5, 5.41) is 13.9. The van der Waals surface area contributed by atoms with Crippen LogP contribution in [0.5, 0.6) is 0 Å². The summed E-state index contributed by atoms with van der Waals surface area (Å²) in [5.74, 6) is 1.15. The second kappa shape index (κ2) is 7.36. The molecular formula is C16H20N6O2S2. The predicted octanol–water partition coefficient (Wildman–Crippen LogP) is 0.838. The van der Waals surface area contributed by atoms with Gasteiger partial charge in [-0.3, -0.25) is 9.59 Å². The predicted molar refractivity (Wildman–Crippen MR) is 97.8 cm³/mol. The molecule has 0 radical (unpaired) electrons. The number of tetrazole rings is 1. The Kier molecular flexibility index (Phi) is 4.94. The van der Waals surface area contributed by atoms with Gasteiger partial charge in [0.15, 0.2) is 0 Å². The number of thiophene rings is 1. The van der Waals surface area contributed by atoms with E-state index in [4.69, 9.17) is 0 Å². The maximum atomic E-state index is 12.7. The van der Waals surface area contributed by atoms with Crippen molar-refractivity contribution in [3.05, 3.63) is 22.4 Å². The fourth-order valence-corrected chi connectivity index (χ4v) is 4.92. The number of piperazine rings is 1. The number of rotatable bonds is 5. The third-order valence-corrected chi connectivity index (χ3v) is 6.87. The van der Waals surface area contributed by atoms with Crippen LogP contribution in [-0.4, -0.2) is 73.8 Å². The molecule has 0 spiro atoms. The van der Waals surface area contributed by atoms with Crippen LogP contribution in [0.4, 0.5) is 0 Å². The highest BCUT2D eigenvalue weighted by molar-refractivity contribution is 7.99. The first-order chi connectivity index (χ1) is 12.6. The summed E-state index contributed by atoms with van der Waals surface area (Å²) < 4.78 is 1.55. The zero-order valence-electron chi connectivity index (χ0n) is 14.4. The first-order valence-electron chi connectivity index (χ1n) is 8.58. The number of nitrogens with zero attached hydrogens (tertiary/aromatic N) is 6. The van der Waals surface area contributed by atoms with Crippen LogP contribution in [0.3, 0.4) is 0 Å². The highest BCUT2D eigenvalue weighted by Crippen LogP contribution is 2.50. The summed E-state index contributed by atoms with van der Waals surface area (Å²) in [4.78, 5) is 30.1. The SMILES string of the molecule is Cn1nnnc1SCC(=O)N1CCN(C(=O)[C@@H]2CC2c2cccs2)CC1. The van der Waals surface area contributed by atoms with E-state index in [2.05, 4.69) is 27.0 Å². The van der Waals surface area contributed by atoms with Crippen molar-refractivity contribution in [2.24, 2.45) is 13.0 Å². The molecule has 2 fully saturated rings. The molecule has 10 heteroatoms. The molecule has 8 nitrogen and oxygen atoms in total. The van der Waals surface area contributed by atoms with E-state index >= 15 is 0 Å². The summed E-state index contributed by atoms with van der Waals surface area (Å²) in [7, 11) is 1.75. The molecule has 1 saturated heterocycles. The average molecular weight is 393 g/mol. The number of thioether (sulfide) groups is 1. The number of aromatic nitrogens is 4. The number of carbonyl (C=O) groups is 2. The number of amides is 2. The van der Waals surface area contributed by atoms with Crippen molar-refractivity contribution in [3.63, 3.8) is 0 Å². The molecule has 26 heavy (non-hydrogen) atoms. The second-order valence-electron chi connectivity index (χ2n) is 6.54. The summed E-state index contributed by atoms with van der Waals surface area (Å²) in [5.41, 5.74) is 0. The van der Waals surface area contributed by atoms with Gasteiger partial charge in [0, 0.05) is 49.9 Å². The third-order valence-electron chi connectivity index (χ3n) is 4.87. The van der Waals surface area contributed by atoms with E-state index in [9.17, 15) is 9.59 Å². The van der Waals surface area contributed by atoms with Gasteiger partial charge in [0.1, 0.15) is 0 Å². The standard InChI is InChI=1S/C16H20N6O2S2/c1-20-16(17-18-19-20)26-10-14(23)21-4-6-22(7-5-21)15(24)12-9-11(12)13-3-2-8-25-13/h2-3,8,11-12H,4-7,9-10H2,1H3/t11?,12-/m1/s1. The van der Waals surface area contributed by atoms with Crippen LogP contribution in [0.2, 0.25) is 0 Å².